The molecule has 1 aromatic rings. The van der Waals surface area contributed by atoms with Crippen LogP contribution in [0.2, 0.25) is 0 Å². The zero-order valence-corrected chi connectivity index (χ0v) is 11.1. The van der Waals surface area contributed by atoms with Gasteiger partial charge in [-0.1, -0.05) is 0 Å². The minimum absolute atomic E-state index is 0.0307. The van der Waals surface area contributed by atoms with E-state index in [1.165, 1.54) is 13.4 Å². The van der Waals surface area contributed by atoms with Gasteiger partial charge in [-0.05, 0) is 6.42 Å². The number of carbonyl (C=O) groups is 1. The van der Waals surface area contributed by atoms with Crippen LogP contribution in [0.5, 0.6) is 0 Å². The number of rotatable bonds is 3. The first-order valence-corrected chi connectivity index (χ1v) is 6.09. The zero-order valence-electron chi connectivity index (χ0n) is 11.1. The van der Waals surface area contributed by atoms with E-state index < -0.39 is 5.97 Å². The van der Waals surface area contributed by atoms with Gasteiger partial charge in [-0.2, -0.15) is 0 Å². The Morgan fingerprint density at radius 3 is 2.95 bits per heavy atom. The van der Waals surface area contributed by atoms with E-state index in [-0.39, 0.29) is 17.8 Å². The lowest BCUT2D eigenvalue weighted by molar-refractivity contribution is 0.0593. The molecule has 2 rings (SSSR count). The van der Waals surface area contributed by atoms with Crippen molar-refractivity contribution in [2.75, 3.05) is 32.2 Å². The molecule has 0 amide bonds. The van der Waals surface area contributed by atoms with Gasteiger partial charge in [-0.15, -0.1) is 0 Å². The van der Waals surface area contributed by atoms with Crippen molar-refractivity contribution in [1.82, 2.24) is 9.97 Å². The summed E-state index contributed by atoms with van der Waals surface area (Å²) in [4.78, 5) is 21.6. The fraction of sp³-hybridized carbons (Fsp3) is 0.583. The largest absolute Gasteiger partial charge is 0.464 e. The number of nitrogens with two attached hydrogens (primary N) is 1. The van der Waals surface area contributed by atoms with Crippen LogP contribution in [0.4, 0.5) is 5.82 Å². The van der Waals surface area contributed by atoms with Crippen molar-refractivity contribution in [3.63, 3.8) is 0 Å². The molecule has 0 bridgehead atoms. The van der Waals surface area contributed by atoms with Crippen LogP contribution in [0.15, 0.2) is 12.4 Å². The summed E-state index contributed by atoms with van der Waals surface area (Å²) in [5.41, 5.74) is 6.22. The van der Waals surface area contributed by atoms with Gasteiger partial charge in [0.05, 0.1) is 13.2 Å². The van der Waals surface area contributed by atoms with Crippen LogP contribution in [0, 0.1) is 0 Å². The van der Waals surface area contributed by atoms with Gasteiger partial charge >= 0.3 is 5.97 Å². The number of piperidine rings is 1. The summed E-state index contributed by atoms with van der Waals surface area (Å²) in [6.45, 7) is 1.42. The normalized spacial score (nSPS) is 23.2. The molecular formula is C12H18N4O3. The Labute approximate surface area is 111 Å². The maximum atomic E-state index is 11.4. The van der Waals surface area contributed by atoms with Crippen molar-refractivity contribution in [3.05, 3.63) is 18.1 Å². The van der Waals surface area contributed by atoms with Crippen LogP contribution in [0.1, 0.15) is 16.9 Å². The first-order chi connectivity index (χ1) is 9.15. The third-order valence-electron chi connectivity index (χ3n) is 3.28. The highest BCUT2D eigenvalue weighted by molar-refractivity contribution is 5.87. The summed E-state index contributed by atoms with van der Waals surface area (Å²) in [5.74, 6) is 0.213. The van der Waals surface area contributed by atoms with E-state index in [1.807, 2.05) is 4.90 Å². The maximum absolute atomic E-state index is 11.4. The predicted octanol–water partition coefficient (Wildman–Crippen LogP) is -0.184. The van der Waals surface area contributed by atoms with Gasteiger partial charge in [0.15, 0.2) is 5.69 Å². The van der Waals surface area contributed by atoms with Gasteiger partial charge < -0.3 is 20.1 Å². The number of carbonyl (C=O) groups excluding carboxylic acids is 1. The SMILES string of the molecule is COC(=O)c1cc(N2CC[C@@H](N)[C@@H](OC)C2)ncn1. The Bertz CT molecular complexity index is 454. The second kappa shape index (κ2) is 5.94. The second-order valence-corrected chi connectivity index (χ2v) is 4.43. The van der Waals surface area contributed by atoms with Gasteiger partial charge in [-0.25, -0.2) is 14.8 Å². The number of methoxy groups -OCH3 is 2. The molecular weight excluding hydrogens is 248 g/mol. The van der Waals surface area contributed by atoms with Crippen LogP contribution in [-0.4, -0.2) is 55.4 Å². The van der Waals surface area contributed by atoms with Crippen LogP contribution in [-0.2, 0) is 9.47 Å². The number of nitrogens with zero attached hydrogens (tertiary/aromatic N) is 3. The van der Waals surface area contributed by atoms with E-state index in [1.54, 1.807) is 13.2 Å². The third-order valence-corrected chi connectivity index (χ3v) is 3.28. The molecule has 1 fully saturated rings. The first kappa shape index (κ1) is 13.7. The molecule has 1 aromatic heterocycles. The lowest BCUT2D eigenvalue weighted by atomic mass is 10.0. The topological polar surface area (TPSA) is 90.6 Å². The highest BCUT2D eigenvalue weighted by atomic mass is 16.5. The number of anilines is 1. The molecule has 1 saturated heterocycles. The number of hydrogen-bond acceptors (Lipinski definition) is 7. The summed E-state index contributed by atoms with van der Waals surface area (Å²) < 4.78 is 10.00. The highest BCUT2D eigenvalue weighted by Crippen LogP contribution is 2.19. The quantitative estimate of drug-likeness (QED) is 0.758. The second-order valence-electron chi connectivity index (χ2n) is 4.43. The fourth-order valence-corrected chi connectivity index (χ4v) is 2.13. The number of aromatic nitrogens is 2. The van der Waals surface area contributed by atoms with E-state index in [2.05, 4.69) is 14.7 Å². The molecule has 19 heavy (non-hydrogen) atoms. The van der Waals surface area contributed by atoms with Gasteiger partial charge in [-0.3, -0.25) is 0 Å². The Morgan fingerprint density at radius 2 is 2.26 bits per heavy atom. The van der Waals surface area contributed by atoms with E-state index >= 15 is 0 Å². The Hall–Kier alpha value is -1.73. The van der Waals surface area contributed by atoms with Crippen LogP contribution in [0.3, 0.4) is 0 Å². The smallest absolute Gasteiger partial charge is 0.356 e. The lowest BCUT2D eigenvalue weighted by Crippen LogP contribution is -2.51. The molecule has 0 unspecified atom stereocenters. The summed E-state index contributed by atoms with van der Waals surface area (Å²) in [6.07, 6.45) is 2.14. The summed E-state index contributed by atoms with van der Waals surface area (Å²) in [6, 6.07) is 1.65. The molecule has 0 saturated carbocycles. The van der Waals surface area contributed by atoms with Crippen molar-refractivity contribution in [2.45, 2.75) is 18.6 Å². The minimum atomic E-state index is -0.472. The zero-order chi connectivity index (χ0) is 13.8. The molecule has 7 heteroatoms. The highest BCUT2D eigenvalue weighted by Gasteiger charge is 2.27. The van der Waals surface area contributed by atoms with Gasteiger partial charge in [0.2, 0.25) is 0 Å². The van der Waals surface area contributed by atoms with E-state index in [0.29, 0.717) is 12.4 Å². The van der Waals surface area contributed by atoms with E-state index in [9.17, 15) is 4.79 Å². The fourth-order valence-electron chi connectivity index (χ4n) is 2.13. The van der Waals surface area contributed by atoms with Crippen molar-refractivity contribution in [3.8, 4) is 0 Å². The standard InChI is InChI=1S/C12H18N4O3/c1-18-10-6-16(4-3-8(10)13)11-5-9(12(17)19-2)14-7-15-11/h5,7-8,10H,3-4,6,13H2,1-2H3/t8-,10+/m1/s1. The summed E-state index contributed by atoms with van der Waals surface area (Å²) in [7, 11) is 2.97. The summed E-state index contributed by atoms with van der Waals surface area (Å²) >= 11 is 0. The molecule has 1 aliphatic rings. The van der Waals surface area contributed by atoms with Crippen LogP contribution >= 0.6 is 0 Å². The predicted molar refractivity (Wildman–Crippen MR) is 69.0 cm³/mol. The number of ether oxygens (including phenoxy) is 2. The number of esters is 1. The molecule has 1 aliphatic heterocycles. The maximum Gasteiger partial charge on any atom is 0.356 e. The van der Waals surface area contributed by atoms with Crippen molar-refractivity contribution in [2.24, 2.45) is 5.73 Å². The molecule has 2 atom stereocenters. The van der Waals surface area contributed by atoms with E-state index in [4.69, 9.17) is 10.5 Å². The molecule has 104 valence electrons. The Morgan fingerprint density at radius 1 is 1.47 bits per heavy atom. The molecule has 0 aromatic carbocycles. The number of hydrogen-bond donors (Lipinski definition) is 1. The molecule has 2 heterocycles. The molecule has 0 spiro atoms. The minimum Gasteiger partial charge on any atom is -0.464 e. The molecule has 0 aliphatic carbocycles. The van der Waals surface area contributed by atoms with E-state index in [0.717, 1.165) is 13.0 Å². The van der Waals surface area contributed by atoms with Gasteiger partial charge in [0.25, 0.3) is 0 Å². The lowest BCUT2D eigenvalue weighted by Gasteiger charge is -2.36. The average Bonchev–Trinajstić information content (AvgIpc) is 2.47. The van der Waals surface area contributed by atoms with Crippen molar-refractivity contribution >= 4 is 11.8 Å². The van der Waals surface area contributed by atoms with Crippen molar-refractivity contribution < 1.29 is 14.3 Å². The summed E-state index contributed by atoms with van der Waals surface area (Å²) in [5, 5.41) is 0. The first-order valence-electron chi connectivity index (χ1n) is 6.09. The Kier molecular flexibility index (Phi) is 4.28. The molecule has 0 radical (unpaired) electrons. The van der Waals surface area contributed by atoms with Gasteiger partial charge in [0.1, 0.15) is 12.1 Å². The van der Waals surface area contributed by atoms with Crippen molar-refractivity contribution in [1.29, 1.82) is 0 Å². The van der Waals surface area contributed by atoms with Crippen LogP contribution in [0.25, 0.3) is 0 Å². The van der Waals surface area contributed by atoms with Crippen LogP contribution < -0.4 is 10.6 Å². The third kappa shape index (κ3) is 2.99. The average molecular weight is 266 g/mol. The monoisotopic (exact) mass is 266 g/mol. The van der Waals surface area contributed by atoms with Gasteiger partial charge in [0, 0.05) is 32.3 Å². The Balaban J connectivity index is 2.15. The molecule has 7 nitrogen and oxygen atoms in total. The molecule has 2 N–H and O–H groups in total.